The van der Waals surface area contributed by atoms with Crippen LogP contribution in [0.5, 0.6) is 0 Å². The third-order valence-electron chi connectivity index (χ3n) is 2.07. The maximum atomic E-state index is 5.32. The van der Waals surface area contributed by atoms with E-state index in [1.54, 1.807) is 6.08 Å². The number of rotatable bonds is 2. The normalized spacial score (nSPS) is 32.7. The maximum absolute atomic E-state index is 5.32. The van der Waals surface area contributed by atoms with Crippen LogP contribution in [0, 0.1) is 5.41 Å². The second-order valence-electron chi connectivity index (χ2n) is 3.00. The Bertz CT molecular complexity index is 165. The largest absolute Gasteiger partial charge is 0.354 e. The molecule has 0 bridgehead atoms. The molecule has 1 aliphatic rings. The third kappa shape index (κ3) is 2.98. The van der Waals surface area contributed by atoms with Gasteiger partial charge in [0.05, 0.1) is 12.7 Å². The van der Waals surface area contributed by atoms with Crippen molar-refractivity contribution in [2.24, 2.45) is 5.41 Å². The maximum Gasteiger partial charge on any atom is 0.147 e. The van der Waals surface area contributed by atoms with Crippen LogP contribution in [0.1, 0.15) is 20.8 Å². The lowest BCUT2D eigenvalue weighted by Crippen LogP contribution is -2.40. The Morgan fingerprint density at radius 3 is 2.38 bits per heavy atom. The monoisotopic (exact) mass is 184 g/mol. The van der Waals surface area contributed by atoms with Gasteiger partial charge in [-0.2, -0.15) is 0 Å². The van der Waals surface area contributed by atoms with Crippen LogP contribution in [-0.4, -0.2) is 19.5 Å². The summed E-state index contributed by atoms with van der Waals surface area (Å²) < 4.78 is 10.5. The van der Waals surface area contributed by atoms with Gasteiger partial charge in [0, 0.05) is 5.41 Å². The van der Waals surface area contributed by atoms with Crippen LogP contribution in [0.4, 0.5) is 0 Å². The molecule has 1 rings (SSSR count). The molecule has 2 unspecified atom stereocenters. The Morgan fingerprint density at radius 1 is 1.38 bits per heavy atom. The van der Waals surface area contributed by atoms with Gasteiger partial charge in [-0.25, -0.2) is 0 Å². The van der Waals surface area contributed by atoms with Gasteiger partial charge >= 0.3 is 0 Å². The molecule has 0 aliphatic carbocycles. The molecule has 0 aromatic carbocycles. The average Bonchev–Trinajstić information content (AvgIpc) is 2.21. The molecule has 76 valence electrons. The summed E-state index contributed by atoms with van der Waals surface area (Å²) in [5.74, 6) is 0. The van der Waals surface area contributed by atoms with Crippen LogP contribution < -0.4 is 0 Å². The highest BCUT2D eigenvalue weighted by molar-refractivity contribution is 5.04. The first-order valence-corrected chi connectivity index (χ1v) is 4.68. The Balaban J connectivity index is 0.000000671. The summed E-state index contributed by atoms with van der Waals surface area (Å²) >= 11 is 0. The summed E-state index contributed by atoms with van der Waals surface area (Å²) in [6.07, 6.45) is 3.69. The average molecular weight is 184 g/mol. The molecule has 1 aliphatic heterocycles. The van der Waals surface area contributed by atoms with Crippen LogP contribution in [0.15, 0.2) is 25.3 Å². The van der Waals surface area contributed by atoms with E-state index < -0.39 is 0 Å². The van der Waals surface area contributed by atoms with Crippen molar-refractivity contribution in [1.29, 1.82) is 0 Å². The van der Waals surface area contributed by atoms with E-state index in [0.717, 1.165) is 0 Å². The quantitative estimate of drug-likeness (QED) is 0.614. The smallest absolute Gasteiger partial charge is 0.147 e. The highest BCUT2D eigenvalue weighted by atomic mass is 16.7. The predicted molar refractivity (Wildman–Crippen MR) is 55.5 cm³/mol. The lowest BCUT2D eigenvalue weighted by Gasteiger charge is -2.36. The zero-order valence-corrected chi connectivity index (χ0v) is 8.88. The van der Waals surface area contributed by atoms with Crippen LogP contribution in [-0.2, 0) is 9.47 Å². The molecule has 0 aromatic heterocycles. The van der Waals surface area contributed by atoms with Crippen molar-refractivity contribution >= 4 is 0 Å². The van der Waals surface area contributed by atoms with Gasteiger partial charge in [0.15, 0.2) is 0 Å². The fourth-order valence-corrected chi connectivity index (χ4v) is 1.17. The number of ether oxygens (including phenoxy) is 2. The SMILES string of the molecule is C=CC1OCOCC1(C)C=C.CC. The molecular weight excluding hydrogens is 164 g/mol. The first-order valence-electron chi connectivity index (χ1n) is 4.68. The van der Waals surface area contributed by atoms with Gasteiger partial charge in [-0.1, -0.05) is 32.9 Å². The Morgan fingerprint density at radius 2 is 2.00 bits per heavy atom. The molecule has 0 N–H and O–H groups in total. The van der Waals surface area contributed by atoms with Crippen LogP contribution >= 0.6 is 0 Å². The zero-order valence-electron chi connectivity index (χ0n) is 8.88. The molecule has 0 amide bonds. The van der Waals surface area contributed by atoms with Gasteiger partial charge < -0.3 is 9.47 Å². The van der Waals surface area contributed by atoms with Crippen LogP contribution in [0.25, 0.3) is 0 Å². The van der Waals surface area contributed by atoms with Crippen molar-refractivity contribution in [2.45, 2.75) is 26.9 Å². The van der Waals surface area contributed by atoms with Crippen molar-refractivity contribution in [1.82, 2.24) is 0 Å². The van der Waals surface area contributed by atoms with E-state index in [0.29, 0.717) is 13.4 Å². The van der Waals surface area contributed by atoms with Crippen molar-refractivity contribution in [3.05, 3.63) is 25.3 Å². The lowest BCUT2D eigenvalue weighted by atomic mass is 9.84. The minimum atomic E-state index is -0.111. The van der Waals surface area contributed by atoms with Gasteiger partial charge in [-0.05, 0) is 0 Å². The fourth-order valence-electron chi connectivity index (χ4n) is 1.17. The Labute approximate surface area is 81.2 Å². The summed E-state index contributed by atoms with van der Waals surface area (Å²) in [5, 5.41) is 0. The van der Waals surface area contributed by atoms with Gasteiger partial charge in [0.2, 0.25) is 0 Å². The van der Waals surface area contributed by atoms with E-state index in [-0.39, 0.29) is 11.5 Å². The highest BCUT2D eigenvalue weighted by Crippen LogP contribution is 2.29. The molecule has 0 saturated carbocycles. The minimum absolute atomic E-state index is 0.0359. The van der Waals surface area contributed by atoms with Gasteiger partial charge in [0.25, 0.3) is 0 Å². The summed E-state index contributed by atoms with van der Waals surface area (Å²) in [6, 6.07) is 0. The van der Waals surface area contributed by atoms with Crippen LogP contribution in [0.2, 0.25) is 0 Å². The second kappa shape index (κ2) is 5.95. The van der Waals surface area contributed by atoms with Crippen molar-refractivity contribution < 1.29 is 9.47 Å². The third-order valence-corrected chi connectivity index (χ3v) is 2.07. The predicted octanol–water partition coefficient (Wildman–Crippen LogP) is 2.76. The van der Waals surface area contributed by atoms with Crippen LogP contribution in [0.3, 0.4) is 0 Å². The summed E-state index contributed by atoms with van der Waals surface area (Å²) in [6.45, 7) is 14.5. The lowest BCUT2D eigenvalue weighted by molar-refractivity contribution is -0.173. The van der Waals surface area contributed by atoms with Crippen molar-refractivity contribution in [3.8, 4) is 0 Å². The molecule has 1 heterocycles. The van der Waals surface area contributed by atoms with E-state index >= 15 is 0 Å². The number of hydrogen-bond acceptors (Lipinski definition) is 2. The summed E-state index contributed by atoms with van der Waals surface area (Å²) in [5.41, 5.74) is -0.111. The van der Waals surface area contributed by atoms with Gasteiger partial charge in [-0.3, -0.25) is 0 Å². The van der Waals surface area contributed by atoms with Gasteiger partial charge in [0.1, 0.15) is 6.79 Å². The Kier molecular flexibility index (Phi) is 5.67. The molecule has 0 spiro atoms. The second-order valence-corrected chi connectivity index (χ2v) is 3.00. The summed E-state index contributed by atoms with van der Waals surface area (Å²) in [7, 11) is 0. The first-order chi connectivity index (χ1) is 6.23. The molecule has 0 aromatic rings. The topological polar surface area (TPSA) is 18.5 Å². The molecule has 13 heavy (non-hydrogen) atoms. The van der Waals surface area contributed by atoms with Crippen molar-refractivity contribution in [2.75, 3.05) is 13.4 Å². The molecule has 2 atom stereocenters. The number of hydrogen-bond donors (Lipinski definition) is 0. The fraction of sp³-hybridized carbons (Fsp3) is 0.636. The van der Waals surface area contributed by atoms with E-state index in [4.69, 9.17) is 9.47 Å². The molecular formula is C11H20O2. The highest BCUT2D eigenvalue weighted by Gasteiger charge is 2.33. The molecule has 2 nitrogen and oxygen atoms in total. The van der Waals surface area contributed by atoms with E-state index in [1.807, 2.05) is 26.8 Å². The molecule has 1 fully saturated rings. The van der Waals surface area contributed by atoms with Gasteiger partial charge in [-0.15, -0.1) is 13.2 Å². The van der Waals surface area contributed by atoms with E-state index in [2.05, 4.69) is 13.2 Å². The molecule has 0 radical (unpaired) electrons. The molecule has 2 heteroatoms. The minimum Gasteiger partial charge on any atom is -0.354 e. The Hall–Kier alpha value is -0.600. The zero-order chi connectivity index (χ0) is 10.3. The molecule has 1 saturated heterocycles. The first kappa shape index (κ1) is 12.4. The van der Waals surface area contributed by atoms with E-state index in [1.165, 1.54) is 0 Å². The van der Waals surface area contributed by atoms with Crippen molar-refractivity contribution in [3.63, 3.8) is 0 Å². The standard InChI is InChI=1S/C9H14O2.C2H6/c1-4-8-9(3,5-2)6-10-7-11-8;1-2/h4-5,8H,1-2,6-7H2,3H3;1-2H3. The van der Waals surface area contributed by atoms with E-state index in [9.17, 15) is 0 Å². The summed E-state index contributed by atoms with van der Waals surface area (Å²) in [4.78, 5) is 0.